The average molecular weight is 210 g/mol. The first-order valence-electron chi connectivity index (χ1n) is 5.25. The molecule has 2 heteroatoms. The van der Waals surface area contributed by atoms with Crippen molar-refractivity contribution in [1.82, 2.24) is 0 Å². The fourth-order valence-corrected chi connectivity index (χ4v) is 3.52. The molecular formula is C12H18OS. The van der Waals surface area contributed by atoms with Crippen LogP contribution in [0, 0.1) is 26.7 Å². The molecule has 0 N–H and O–H groups in total. The zero-order valence-corrected chi connectivity index (χ0v) is 10.2. The van der Waals surface area contributed by atoms with E-state index in [-0.39, 0.29) is 0 Å². The van der Waals surface area contributed by atoms with E-state index < -0.39 is 0 Å². The van der Waals surface area contributed by atoms with Gasteiger partial charge >= 0.3 is 0 Å². The van der Waals surface area contributed by atoms with Crippen molar-refractivity contribution in [1.29, 1.82) is 0 Å². The van der Waals surface area contributed by atoms with Crippen molar-refractivity contribution in [3.05, 3.63) is 20.9 Å². The summed E-state index contributed by atoms with van der Waals surface area (Å²) in [5, 5.41) is 0. The molecular weight excluding hydrogens is 192 g/mol. The molecule has 1 nitrogen and oxygen atoms in total. The molecule has 0 radical (unpaired) electrons. The summed E-state index contributed by atoms with van der Waals surface area (Å²) in [5.74, 6) is 1.32. The molecule has 2 heterocycles. The highest BCUT2D eigenvalue weighted by atomic mass is 32.1. The molecule has 1 fully saturated rings. The van der Waals surface area contributed by atoms with Gasteiger partial charge in [-0.3, -0.25) is 0 Å². The van der Waals surface area contributed by atoms with Crippen LogP contribution in [0.15, 0.2) is 0 Å². The second kappa shape index (κ2) is 3.67. The Labute approximate surface area is 90.1 Å². The Balaban J connectivity index is 2.39. The van der Waals surface area contributed by atoms with Crippen LogP contribution in [0.5, 0.6) is 0 Å². The summed E-state index contributed by atoms with van der Waals surface area (Å²) in [6, 6.07) is 0. The Hall–Kier alpha value is -0.340. The van der Waals surface area contributed by atoms with Gasteiger partial charge in [-0.05, 0) is 37.8 Å². The van der Waals surface area contributed by atoms with Gasteiger partial charge < -0.3 is 4.74 Å². The van der Waals surface area contributed by atoms with Crippen LogP contribution in [-0.2, 0) is 4.74 Å². The van der Waals surface area contributed by atoms with Crippen LogP contribution < -0.4 is 0 Å². The first-order chi connectivity index (χ1) is 6.61. The van der Waals surface area contributed by atoms with Gasteiger partial charge in [0.25, 0.3) is 0 Å². The Bertz CT molecular complexity index is 340. The minimum Gasteiger partial charge on any atom is -0.381 e. The van der Waals surface area contributed by atoms with Gasteiger partial charge in [0, 0.05) is 22.3 Å². The predicted octanol–water partition coefficient (Wildman–Crippen LogP) is 3.42. The van der Waals surface area contributed by atoms with Crippen LogP contribution in [0.25, 0.3) is 0 Å². The van der Waals surface area contributed by atoms with Gasteiger partial charge in [0.15, 0.2) is 0 Å². The van der Waals surface area contributed by atoms with E-state index in [0.29, 0.717) is 11.8 Å². The maximum atomic E-state index is 5.55. The van der Waals surface area contributed by atoms with E-state index in [0.717, 1.165) is 13.2 Å². The molecule has 0 amide bonds. The van der Waals surface area contributed by atoms with Crippen molar-refractivity contribution in [2.75, 3.05) is 13.2 Å². The van der Waals surface area contributed by atoms with Gasteiger partial charge in [-0.15, -0.1) is 11.3 Å². The molecule has 0 aromatic carbocycles. The standard InChI is InChI=1S/C12H18OS/c1-7-5-13-6-11(7)12-8(2)9(3)14-10(12)4/h7,11H,5-6H2,1-4H3. The molecule has 1 saturated heterocycles. The van der Waals surface area contributed by atoms with Crippen molar-refractivity contribution in [2.45, 2.75) is 33.6 Å². The summed E-state index contributed by atoms with van der Waals surface area (Å²) in [6.07, 6.45) is 0. The number of aryl methyl sites for hydroxylation is 2. The van der Waals surface area contributed by atoms with E-state index in [1.165, 1.54) is 15.3 Å². The third kappa shape index (κ3) is 1.51. The van der Waals surface area contributed by atoms with Crippen LogP contribution in [0.4, 0.5) is 0 Å². The highest BCUT2D eigenvalue weighted by Crippen LogP contribution is 2.39. The highest BCUT2D eigenvalue weighted by Gasteiger charge is 2.29. The maximum Gasteiger partial charge on any atom is 0.0538 e. The molecule has 1 aliphatic heterocycles. The molecule has 2 atom stereocenters. The first kappa shape index (κ1) is 10.2. The fraction of sp³-hybridized carbons (Fsp3) is 0.667. The molecule has 14 heavy (non-hydrogen) atoms. The molecule has 0 aliphatic carbocycles. The number of thiophene rings is 1. The summed E-state index contributed by atoms with van der Waals surface area (Å²) in [5.41, 5.74) is 3.06. The smallest absolute Gasteiger partial charge is 0.0538 e. The average Bonchev–Trinajstić information content (AvgIpc) is 2.60. The van der Waals surface area contributed by atoms with Gasteiger partial charge in [-0.1, -0.05) is 6.92 Å². The molecule has 0 bridgehead atoms. The topological polar surface area (TPSA) is 9.23 Å². The molecule has 1 aliphatic rings. The van der Waals surface area contributed by atoms with Crippen molar-refractivity contribution in [3.8, 4) is 0 Å². The third-order valence-electron chi connectivity index (χ3n) is 3.35. The van der Waals surface area contributed by atoms with Crippen molar-refractivity contribution in [3.63, 3.8) is 0 Å². The second-order valence-electron chi connectivity index (χ2n) is 4.37. The Kier molecular flexibility index (Phi) is 2.67. The summed E-state index contributed by atoms with van der Waals surface area (Å²) in [7, 11) is 0. The van der Waals surface area contributed by atoms with Gasteiger partial charge in [0.05, 0.1) is 6.61 Å². The van der Waals surface area contributed by atoms with Crippen LogP contribution in [0.2, 0.25) is 0 Å². The third-order valence-corrected chi connectivity index (χ3v) is 4.49. The van der Waals surface area contributed by atoms with Crippen molar-refractivity contribution in [2.24, 2.45) is 5.92 Å². The van der Waals surface area contributed by atoms with E-state index in [1.807, 2.05) is 11.3 Å². The Morgan fingerprint density at radius 3 is 2.29 bits per heavy atom. The second-order valence-corrected chi connectivity index (χ2v) is 5.80. The molecule has 2 unspecified atom stereocenters. The van der Waals surface area contributed by atoms with Crippen molar-refractivity contribution < 1.29 is 4.74 Å². The zero-order chi connectivity index (χ0) is 10.3. The summed E-state index contributed by atoms with van der Waals surface area (Å²) in [4.78, 5) is 2.96. The molecule has 1 aromatic rings. The molecule has 0 saturated carbocycles. The summed E-state index contributed by atoms with van der Waals surface area (Å²) < 4.78 is 5.55. The maximum absolute atomic E-state index is 5.55. The van der Waals surface area contributed by atoms with Crippen LogP contribution in [0.3, 0.4) is 0 Å². The lowest BCUT2D eigenvalue weighted by Crippen LogP contribution is -2.08. The summed E-state index contributed by atoms with van der Waals surface area (Å²) >= 11 is 1.93. The monoisotopic (exact) mass is 210 g/mol. The fourth-order valence-electron chi connectivity index (χ4n) is 2.38. The quantitative estimate of drug-likeness (QED) is 0.690. The minimum atomic E-state index is 0.639. The number of hydrogen-bond donors (Lipinski definition) is 0. The van der Waals surface area contributed by atoms with Gasteiger partial charge in [-0.25, -0.2) is 0 Å². The van der Waals surface area contributed by atoms with E-state index in [9.17, 15) is 0 Å². The minimum absolute atomic E-state index is 0.639. The van der Waals surface area contributed by atoms with Crippen molar-refractivity contribution >= 4 is 11.3 Å². The number of rotatable bonds is 1. The van der Waals surface area contributed by atoms with Gasteiger partial charge in [-0.2, -0.15) is 0 Å². The van der Waals surface area contributed by atoms with E-state index in [2.05, 4.69) is 27.7 Å². The Morgan fingerprint density at radius 1 is 1.14 bits per heavy atom. The first-order valence-corrected chi connectivity index (χ1v) is 6.07. The van der Waals surface area contributed by atoms with Crippen LogP contribution in [0.1, 0.15) is 33.7 Å². The Morgan fingerprint density at radius 2 is 1.86 bits per heavy atom. The largest absolute Gasteiger partial charge is 0.381 e. The SMILES string of the molecule is Cc1sc(C)c(C2COCC2C)c1C. The number of ether oxygens (including phenoxy) is 1. The van der Waals surface area contributed by atoms with Gasteiger partial charge in [0.2, 0.25) is 0 Å². The lowest BCUT2D eigenvalue weighted by molar-refractivity contribution is 0.186. The van der Waals surface area contributed by atoms with Crippen LogP contribution >= 0.6 is 11.3 Å². The molecule has 0 spiro atoms. The molecule has 78 valence electrons. The van der Waals surface area contributed by atoms with E-state index in [1.54, 1.807) is 5.56 Å². The van der Waals surface area contributed by atoms with Crippen LogP contribution in [-0.4, -0.2) is 13.2 Å². The van der Waals surface area contributed by atoms with E-state index in [4.69, 9.17) is 4.74 Å². The normalized spacial score (nSPS) is 27.1. The van der Waals surface area contributed by atoms with Gasteiger partial charge in [0.1, 0.15) is 0 Å². The zero-order valence-electron chi connectivity index (χ0n) is 9.39. The summed E-state index contributed by atoms with van der Waals surface area (Å²) in [6.45, 7) is 10.8. The highest BCUT2D eigenvalue weighted by molar-refractivity contribution is 7.12. The molecule has 1 aromatic heterocycles. The molecule has 2 rings (SSSR count). The lowest BCUT2D eigenvalue weighted by atomic mass is 9.88. The number of hydrogen-bond acceptors (Lipinski definition) is 2. The predicted molar refractivity (Wildman–Crippen MR) is 61.3 cm³/mol. The lowest BCUT2D eigenvalue weighted by Gasteiger charge is -2.14. The van der Waals surface area contributed by atoms with E-state index >= 15 is 0 Å².